The summed E-state index contributed by atoms with van der Waals surface area (Å²) >= 11 is 4.32. The van der Waals surface area contributed by atoms with Gasteiger partial charge in [0.25, 0.3) is 0 Å². The van der Waals surface area contributed by atoms with Gasteiger partial charge in [-0.25, -0.2) is 4.79 Å². The molecule has 5 nitrogen and oxygen atoms in total. The Balaban J connectivity index is 2.24. The first kappa shape index (κ1) is 22.2. The van der Waals surface area contributed by atoms with Gasteiger partial charge in [0.2, 0.25) is 5.91 Å². The van der Waals surface area contributed by atoms with E-state index in [0.29, 0.717) is 22.3 Å². The molecule has 1 unspecified atom stereocenters. The van der Waals surface area contributed by atoms with Gasteiger partial charge in [0.15, 0.2) is 5.12 Å². The van der Waals surface area contributed by atoms with Crippen molar-refractivity contribution in [3.8, 4) is 0 Å². The molecule has 0 heterocycles. The van der Waals surface area contributed by atoms with Crippen LogP contribution in [0.2, 0.25) is 0 Å². The highest BCUT2D eigenvalue weighted by Crippen LogP contribution is 2.30. The van der Waals surface area contributed by atoms with Crippen molar-refractivity contribution in [3.63, 3.8) is 0 Å². The standard InChI is InChI=1S/C21H22BrNO4S/c1-15(24)28-14-21(2,17-8-4-3-5-9-17)20(26)23-18-10-6-7-16(13-18)19(25)27-12-11-22/h3-10,13H,11-12,14H2,1-2H3,(H,23,26). The van der Waals surface area contributed by atoms with E-state index in [0.717, 1.165) is 17.3 Å². The number of nitrogens with one attached hydrogen (secondary N) is 1. The molecule has 0 spiro atoms. The molecule has 0 aliphatic rings. The van der Waals surface area contributed by atoms with Crippen LogP contribution in [0.3, 0.4) is 0 Å². The number of carbonyl (C=O) groups excluding carboxylic acids is 3. The number of benzene rings is 2. The molecule has 2 rings (SSSR count). The highest BCUT2D eigenvalue weighted by molar-refractivity contribution is 9.09. The second-order valence-electron chi connectivity index (χ2n) is 6.34. The molecule has 0 saturated heterocycles. The smallest absolute Gasteiger partial charge is 0.338 e. The number of amides is 1. The van der Waals surface area contributed by atoms with Crippen LogP contribution < -0.4 is 5.32 Å². The first-order chi connectivity index (χ1) is 13.4. The molecule has 0 aliphatic heterocycles. The van der Waals surface area contributed by atoms with Gasteiger partial charge in [-0.2, -0.15) is 0 Å². The Labute approximate surface area is 177 Å². The van der Waals surface area contributed by atoms with Gasteiger partial charge >= 0.3 is 5.97 Å². The van der Waals surface area contributed by atoms with E-state index in [1.54, 1.807) is 24.3 Å². The lowest BCUT2D eigenvalue weighted by Crippen LogP contribution is -2.40. The highest BCUT2D eigenvalue weighted by atomic mass is 79.9. The summed E-state index contributed by atoms with van der Waals surface area (Å²) in [5, 5.41) is 3.38. The summed E-state index contributed by atoms with van der Waals surface area (Å²) in [6, 6.07) is 15.9. The van der Waals surface area contributed by atoms with E-state index in [9.17, 15) is 14.4 Å². The molecule has 2 aromatic rings. The maximum atomic E-state index is 13.1. The van der Waals surface area contributed by atoms with Crippen LogP contribution in [0.25, 0.3) is 0 Å². The van der Waals surface area contributed by atoms with Crippen LogP contribution in [0.15, 0.2) is 54.6 Å². The molecule has 1 atom stereocenters. The maximum absolute atomic E-state index is 13.1. The van der Waals surface area contributed by atoms with Crippen LogP contribution in [0, 0.1) is 0 Å². The van der Waals surface area contributed by atoms with Crippen molar-refractivity contribution in [1.29, 1.82) is 0 Å². The third kappa shape index (κ3) is 5.94. The van der Waals surface area contributed by atoms with Gasteiger partial charge in [-0.05, 0) is 30.7 Å². The molecule has 1 amide bonds. The van der Waals surface area contributed by atoms with Crippen molar-refractivity contribution in [2.24, 2.45) is 0 Å². The van der Waals surface area contributed by atoms with Crippen molar-refractivity contribution in [1.82, 2.24) is 0 Å². The fraction of sp³-hybridized carbons (Fsp3) is 0.286. The minimum atomic E-state index is -0.913. The van der Waals surface area contributed by atoms with E-state index < -0.39 is 11.4 Å². The van der Waals surface area contributed by atoms with E-state index in [4.69, 9.17) is 4.74 Å². The Morgan fingerprint density at radius 2 is 1.82 bits per heavy atom. The van der Waals surface area contributed by atoms with E-state index in [1.807, 2.05) is 37.3 Å². The molecule has 0 bridgehead atoms. The summed E-state index contributed by atoms with van der Waals surface area (Å²) < 4.78 is 5.10. The number of hydrogen-bond acceptors (Lipinski definition) is 5. The summed E-state index contributed by atoms with van der Waals surface area (Å²) in [4.78, 5) is 36.7. The summed E-state index contributed by atoms with van der Waals surface area (Å²) in [5.74, 6) is -0.391. The molecule has 28 heavy (non-hydrogen) atoms. The monoisotopic (exact) mass is 463 g/mol. The number of anilines is 1. The molecule has 0 aliphatic carbocycles. The van der Waals surface area contributed by atoms with Gasteiger partial charge in [-0.1, -0.05) is 64.1 Å². The number of hydrogen-bond donors (Lipinski definition) is 1. The molecule has 2 aromatic carbocycles. The first-order valence-corrected chi connectivity index (χ1v) is 10.8. The average Bonchev–Trinajstić information content (AvgIpc) is 2.71. The number of thioether (sulfide) groups is 1. The maximum Gasteiger partial charge on any atom is 0.338 e. The number of rotatable bonds is 8. The molecular formula is C21H22BrNO4S. The molecule has 7 heteroatoms. The largest absolute Gasteiger partial charge is 0.461 e. The molecule has 0 fully saturated rings. The Kier molecular flexibility index (Phi) is 8.26. The second kappa shape index (κ2) is 10.4. The Morgan fingerprint density at radius 3 is 2.46 bits per heavy atom. The van der Waals surface area contributed by atoms with Crippen LogP contribution in [-0.4, -0.2) is 34.7 Å². The topological polar surface area (TPSA) is 72.5 Å². The van der Waals surface area contributed by atoms with Crippen LogP contribution in [0.4, 0.5) is 5.69 Å². The average molecular weight is 464 g/mol. The Morgan fingerprint density at radius 1 is 1.11 bits per heavy atom. The SMILES string of the molecule is CC(=O)SCC(C)(C(=O)Nc1cccc(C(=O)OCCBr)c1)c1ccccc1. The number of carbonyl (C=O) groups is 3. The minimum Gasteiger partial charge on any atom is -0.461 e. The number of halogens is 1. The summed E-state index contributed by atoms with van der Waals surface area (Å²) in [6.45, 7) is 3.56. The highest BCUT2D eigenvalue weighted by Gasteiger charge is 2.35. The van der Waals surface area contributed by atoms with E-state index >= 15 is 0 Å². The summed E-state index contributed by atoms with van der Waals surface area (Å²) in [7, 11) is 0. The Hall–Kier alpha value is -2.12. The number of ether oxygens (including phenoxy) is 1. The van der Waals surface area contributed by atoms with Gasteiger partial charge in [-0.3, -0.25) is 9.59 Å². The zero-order chi connectivity index (χ0) is 20.6. The molecule has 148 valence electrons. The van der Waals surface area contributed by atoms with Gasteiger partial charge in [0.05, 0.1) is 11.0 Å². The minimum absolute atomic E-state index is 0.0495. The van der Waals surface area contributed by atoms with E-state index in [1.165, 1.54) is 6.92 Å². The van der Waals surface area contributed by atoms with Crippen LogP contribution >= 0.6 is 27.7 Å². The van der Waals surface area contributed by atoms with Crippen molar-refractivity contribution < 1.29 is 19.1 Å². The van der Waals surface area contributed by atoms with Gasteiger partial charge < -0.3 is 10.1 Å². The fourth-order valence-corrected chi connectivity index (χ4v) is 3.49. The molecule has 0 aromatic heterocycles. The van der Waals surface area contributed by atoms with Crippen LogP contribution in [-0.2, 0) is 19.7 Å². The lowest BCUT2D eigenvalue weighted by atomic mass is 9.83. The number of alkyl halides is 1. The quantitative estimate of drug-likeness (QED) is 0.463. The zero-order valence-corrected chi connectivity index (χ0v) is 18.1. The van der Waals surface area contributed by atoms with Crippen LogP contribution in [0.5, 0.6) is 0 Å². The lowest BCUT2D eigenvalue weighted by molar-refractivity contribution is -0.120. The number of esters is 1. The van der Waals surface area contributed by atoms with Crippen LogP contribution in [0.1, 0.15) is 29.8 Å². The van der Waals surface area contributed by atoms with Crippen molar-refractivity contribution in [2.75, 3.05) is 23.0 Å². The zero-order valence-electron chi connectivity index (χ0n) is 15.7. The molecule has 1 N–H and O–H groups in total. The van der Waals surface area contributed by atoms with E-state index in [-0.39, 0.29) is 17.6 Å². The first-order valence-electron chi connectivity index (χ1n) is 8.70. The predicted octanol–water partition coefficient (Wildman–Crippen LogP) is 4.41. The molecular weight excluding hydrogens is 442 g/mol. The third-order valence-corrected chi connectivity index (χ3v) is 5.59. The third-order valence-electron chi connectivity index (χ3n) is 4.14. The Bertz CT molecular complexity index is 843. The van der Waals surface area contributed by atoms with Gasteiger partial charge in [-0.15, -0.1) is 0 Å². The van der Waals surface area contributed by atoms with Crippen molar-refractivity contribution in [2.45, 2.75) is 19.3 Å². The lowest BCUT2D eigenvalue weighted by Gasteiger charge is -2.28. The fourth-order valence-electron chi connectivity index (χ4n) is 2.54. The normalized spacial score (nSPS) is 12.7. The summed E-state index contributed by atoms with van der Waals surface area (Å²) in [5.41, 5.74) is 0.755. The predicted molar refractivity (Wildman–Crippen MR) is 116 cm³/mol. The summed E-state index contributed by atoms with van der Waals surface area (Å²) in [6.07, 6.45) is 0. The molecule has 0 radical (unpaired) electrons. The van der Waals surface area contributed by atoms with Crippen molar-refractivity contribution in [3.05, 3.63) is 65.7 Å². The van der Waals surface area contributed by atoms with Crippen molar-refractivity contribution >= 4 is 50.4 Å². The van der Waals surface area contributed by atoms with Gasteiger partial charge in [0.1, 0.15) is 6.61 Å². The van der Waals surface area contributed by atoms with E-state index in [2.05, 4.69) is 21.2 Å². The van der Waals surface area contributed by atoms with Gasteiger partial charge in [0, 0.05) is 23.7 Å². The molecule has 0 saturated carbocycles. The second-order valence-corrected chi connectivity index (χ2v) is 8.28.